The molecule has 0 saturated carbocycles. The lowest BCUT2D eigenvalue weighted by atomic mass is 9.97. The summed E-state index contributed by atoms with van der Waals surface area (Å²) in [5, 5.41) is 12.0. The summed E-state index contributed by atoms with van der Waals surface area (Å²) >= 11 is 1.65. The van der Waals surface area contributed by atoms with Crippen molar-refractivity contribution in [3.63, 3.8) is 0 Å². The highest BCUT2D eigenvalue weighted by molar-refractivity contribution is 7.18. The molecule has 0 saturated heterocycles. The fourth-order valence-corrected chi connectivity index (χ4v) is 5.93. The molecule has 0 N–H and O–H groups in total. The highest BCUT2D eigenvalue weighted by Gasteiger charge is 2.20. The van der Waals surface area contributed by atoms with Crippen LogP contribution in [0.3, 0.4) is 0 Å². The molecule has 0 unspecified atom stereocenters. The molecule has 1 aliphatic heterocycles. The number of nitrogens with zero attached hydrogens (tertiary/aromatic N) is 5. The Morgan fingerprint density at radius 2 is 1.83 bits per heavy atom. The predicted octanol–water partition coefficient (Wildman–Crippen LogP) is 4.84. The van der Waals surface area contributed by atoms with E-state index in [-0.39, 0.29) is 5.56 Å². The fourth-order valence-electron chi connectivity index (χ4n) is 4.71. The van der Waals surface area contributed by atoms with Gasteiger partial charge in [0, 0.05) is 17.8 Å². The van der Waals surface area contributed by atoms with Crippen LogP contribution in [0.15, 0.2) is 69.9 Å². The molecule has 0 bridgehead atoms. The molecule has 176 valence electrons. The second-order valence-electron chi connectivity index (χ2n) is 8.77. The minimum absolute atomic E-state index is 0.0836. The molecule has 8 heteroatoms. The molecule has 2 aromatic carbocycles. The van der Waals surface area contributed by atoms with Crippen LogP contribution in [0.4, 0.5) is 5.69 Å². The normalized spacial score (nSPS) is 15.6. The third-order valence-corrected chi connectivity index (χ3v) is 7.81. The first-order valence-electron chi connectivity index (χ1n) is 11.9. The fraction of sp³-hybridized carbons (Fsp3) is 0.259. The van der Waals surface area contributed by atoms with Crippen molar-refractivity contribution in [2.24, 2.45) is 10.2 Å². The van der Waals surface area contributed by atoms with Crippen LogP contribution in [0.5, 0.6) is 5.75 Å². The van der Waals surface area contributed by atoms with Crippen molar-refractivity contribution >= 4 is 39.2 Å². The first kappa shape index (κ1) is 21.7. The molecular formula is C27H25N5O2S. The summed E-state index contributed by atoms with van der Waals surface area (Å²) in [7, 11) is 1.67. The molecule has 0 radical (unpaired) electrons. The summed E-state index contributed by atoms with van der Waals surface area (Å²) in [6, 6.07) is 16.0. The first-order chi connectivity index (χ1) is 17.2. The van der Waals surface area contributed by atoms with Gasteiger partial charge in [0.05, 0.1) is 30.1 Å². The topological polar surface area (TPSA) is 72.1 Å². The smallest absolute Gasteiger partial charge is 0.282 e. The highest BCUT2D eigenvalue weighted by Crippen LogP contribution is 2.33. The van der Waals surface area contributed by atoms with Gasteiger partial charge in [-0.25, -0.2) is 4.98 Å². The van der Waals surface area contributed by atoms with Gasteiger partial charge in [-0.1, -0.05) is 12.1 Å². The molecule has 7 nitrogen and oxygen atoms in total. The number of benzene rings is 2. The SMILES string of the molecule is COc1ccc(C2=NN(c3ccc(/C=N/n4cnc5sc6c(c5c4=O)CCCC6)cc3)CC2)cc1. The van der Waals surface area contributed by atoms with Crippen molar-refractivity contribution in [3.8, 4) is 5.75 Å². The quantitative estimate of drug-likeness (QED) is 0.381. The van der Waals surface area contributed by atoms with Crippen LogP contribution in [0, 0.1) is 0 Å². The van der Waals surface area contributed by atoms with Crippen LogP contribution >= 0.6 is 11.3 Å². The van der Waals surface area contributed by atoms with Gasteiger partial charge in [0.1, 0.15) is 16.9 Å². The molecule has 0 spiro atoms. The minimum atomic E-state index is -0.0836. The lowest BCUT2D eigenvalue weighted by Crippen LogP contribution is -2.18. The second-order valence-corrected chi connectivity index (χ2v) is 9.85. The van der Waals surface area contributed by atoms with E-state index in [2.05, 4.69) is 10.1 Å². The number of methoxy groups -OCH3 is 1. The van der Waals surface area contributed by atoms with E-state index < -0.39 is 0 Å². The van der Waals surface area contributed by atoms with Crippen LogP contribution in [0.25, 0.3) is 10.2 Å². The molecule has 0 amide bonds. The number of hydrogen-bond acceptors (Lipinski definition) is 7. The molecule has 2 aromatic heterocycles. The average molecular weight is 484 g/mol. The van der Waals surface area contributed by atoms with Gasteiger partial charge in [-0.05, 0) is 78.8 Å². The lowest BCUT2D eigenvalue weighted by Gasteiger charge is -2.13. The minimum Gasteiger partial charge on any atom is -0.497 e. The summed E-state index contributed by atoms with van der Waals surface area (Å²) in [6.07, 6.45) is 8.44. The van der Waals surface area contributed by atoms with Crippen LogP contribution in [-0.2, 0) is 12.8 Å². The molecule has 4 aromatic rings. The average Bonchev–Trinajstić information content (AvgIpc) is 3.54. The van der Waals surface area contributed by atoms with Crippen LogP contribution in [0.1, 0.15) is 40.8 Å². The van der Waals surface area contributed by atoms with Gasteiger partial charge in [0.25, 0.3) is 5.56 Å². The van der Waals surface area contributed by atoms with E-state index in [1.807, 2.05) is 53.5 Å². The Morgan fingerprint density at radius 3 is 2.63 bits per heavy atom. The summed E-state index contributed by atoms with van der Waals surface area (Å²) < 4.78 is 6.59. The number of aromatic nitrogens is 2. The van der Waals surface area contributed by atoms with Crippen molar-refractivity contribution in [1.29, 1.82) is 0 Å². The number of ether oxygens (including phenoxy) is 1. The van der Waals surface area contributed by atoms with Crippen molar-refractivity contribution in [1.82, 2.24) is 9.66 Å². The Hall–Kier alpha value is -3.78. The van der Waals surface area contributed by atoms with Gasteiger partial charge in [-0.2, -0.15) is 14.9 Å². The van der Waals surface area contributed by atoms with E-state index in [0.29, 0.717) is 0 Å². The van der Waals surface area contributed by atoms with Gasteiger partial charge in [0.2, 0.25) is 0 Å². The number of hydrazone groups is 1. The van der Waals surface area contributed by atoms with Gasteiger partial charge in [-0.15, -0.1) is 11.3 Å². The van der Waals surface area contributed by atoms with E-state index in [1.165, 1.54) is 27.9 Å². The Balaban J connectivity index is 1.20. The zero-order valence-electron chi connectivity index (χ0n) is 19.5. The molecule has 35 heavy (non-hydrogen) atoms. The number of fused-ring (bicyclic) bond motifs is 3. The maximum Gasteiger partial charge on any atom is 0.282 e. The van der Waals surface area contributed by atoms with Crippen LogP contribution in [0.2, 0.25) is 0 Å². The Morgan fingerprint density at radius 1 is 1.03 bits per heavy atom. The van der Waals surface area contributed by atoms with E-state index in [0.717, 1.165) is 70.7 Å². The molecule has 0 atom stereocenters. The van der Waals surface area contributed by atoms with E-state index in [9.17, 15) is 4.79 Å². The molecule has 0 fully saturated rings. The Bertz CT molecular complexity index is 1500. The predicted molar refractivity (Wildman–Crippen MR) is 141 cm³/mol. The standard InChI is InChI=1S/C27H25N5O2S/c1-34-21-12-8-19(9-13-21)23-14-15-31(30-23)20-10-6-18(7-11-20)16-29-32-17-28-26-25(27(32)33)22-4-2-3-5-24(22)35-26/h6-13,16-17H,2-5,14-15H2,1H3/b29-16+. The molecule has 1 aliphatic carbocycles. The third kappa shape index (κ3) is 4.14. The van der Waals surface area contributed by atoms with Gasteiger partial charge in [-0.3, -0.25) is 9.80 Å². The van der Waals surface area contributed by atoms with Crippen LogP contribution in [-0.4, -0.2) is 35.2 Å². The highest BCUT2D eigenvalue weighted by atomic mass is 32.1. The van der Waals surface area contributed by atoms with Crippen molar-refractivity contribution in [2.45, 2.75) is 32.1 Å². The first-order valence-corrected chi connectivity index (χ1v) is 12.7. The number of rotatable bonds is 5. The summed E-state index contributed by atoms with van der Waals surface area (Å²) in [5.74, 6) is 0.842. The van der Waals surface area contributed by atoms with E-state index in [1.54, 1.807) is 24.7 Å². The van der Waals surface area contributed by atoms with Crippen molar-refractivity contribution in [3.05, 3.63) is 86.8 Å². The number of aryl methyl sites for hydroxylation is 2. The van der Waals surface area contributed by atoms with Crippen molar-refractivity contribution in [2.75, 3.05) is 18.7 Å². The summed E-state index contributed by atoms with van der Waals surface area (Å²) in [6.45, 7) is 0.834. The molecule has 6 rings (SSSR count). The van der Waals surface area contributed by atoms with Gasteiger partial charge < -0.3 is 4.74 Å². The lowest BCUT2D eigenvalue weighted by molar-refractivity contribution is 0.415. The second kappa shape index (κ2) is 9.11. The van der Waals surface area contributed by atoms with Crippen LogP contribution < -0.4 is 15.3 Å². The zero-order valence-corrected chi connectivity index (χ0v) is 20.3. The molecule has 3 heterocycles. The third-order valence-electron chi connectivity index (χ3n) is 6.61. The number of anilines is 1. The largest absolute Gasteiger partial charge is 0.497 e. The number of thiophene rings is 1. The summed E-state index contributed by atoms with van der Waals surface area (Å²) in [5.41, 5.74) is 5.21. The Labute approximate surface area is 207 Å². The maximum absolute atomic E-state index is 13.1. The Kier molecular flexibility index (Phi) is 5.66. The van der Waals surface area contributed by atoms with Gasteiger partial charge >= 0.3 is 0 Å². The monoisotopic (exact) mass is 483 g/mol. The summed E-state index contributed by atoms with van der Waals surface area (Å²) in [4.78, 5) is 19.7. The molecule has 2 aliphatic rings. The van der Waals surface area contributed by atoms with E-state index in [4.69, 9.17) is 9.84 Å². The maximum atomic E-state index is 13.1. The molecular weight excluding hydrogens is 458 g/mol. The van der Waals surface area contributed by atoms with Crippen molar-refractivity contribution < 1.29 is 4.74 Å². The number of hydrogen-bond donors (Lipinski definition) is 0. The van der Waals surface area contributed by atoms with E-state index >= 15 is 0 Å². The van der Waals surface area contributed by atoms with Gasteiger partial charge in [0.15, 0.2) is 0 Å². The zero-order chi connectivity index (χ0) is 23.8.